The monoisotopic (exact) mass is 486 g/mol. The fourth-order valence-corrected chi connectivity index (χ4v) is 7.39. The van der Waals surface area contributed by atoms with Crippen molar-refractivity contribution in [2.75, 3.05) is 13.2 Å². The van der Waals surface area contributed by atoms with Crippen LogP contribution in [0.2, 0.25) is 0 Å². The molecule has 1 spiro atoms. The van der Waals surface area contributed by atoms with Crippen molar-refractivity contribution in [3.05, 3.63) is 60.2 Å². The van der Waals surface area contributed by atoms with Gasteiger partial charge in [0.1, 0.15) is 25.9 Å². The van der Waals surface area contributed by atoms with Gasteiger partial charge in [0.15, 0.2) is 5.60 Å². The lowest BCUT2D eigenvalue weighted by Crippen LogP contribution is -2.76. The van der Waals surface area contributed by atoms with Gasteiger partial charge in [0.25, 0.3) is 5.79 Å². The fourth-order valence-electron chi connectivity index (χ4n) is 7.01. The van der Waals surface area contributed by atoms with Crippen LogP contribution in [-0.2, 0) is 24.9 Å². The van der Waals surface area contributed by atoms with Gasteiger partial charge in [-0.1, -0.05) is 30.3 Å². The SMILES string of the molecule is O=P([O-])([O-])Oc1cccc(C2(OCCOc3ccccc3)OOC23C2CC4CC(C2)CC3C4)c1. The minimum Gasteiger partial charge on any atom is -0.780 e. The zero-order chi connectivity index (χ0) is 23.4. The van der Waals surface area contributed by atoms with Crippen LogP contribution in [0.3, 0.4) is 0 Å². The molecule has 2 aromatic carbocycles. The Hall–Kier alpha value is -1.93. The molecule has 0 amide bonds. The molecule has 8 nitrogen and oxygen atoms in total. The third-order valence-electron chi connectivity index (χ3n) is 7.99. The average molecular weight is 486 g/mol. The van der Waals surface area contributed by atoms with E-state index in [1.54, 1.807) is 12.1 Å². The number of hydrogen-bond donors (Lipinski definition) is 0. The maximum absolute atomic E-state index is 11.2. The van der Waals surface area contributed by atoms with E-state index in [4.69, 9.17) is 19.2 Å². The van der Waals surface area contributed by atoms with Crippen molar-refractivity contribution < 1.29 is 38.1 Å². The van der Waals surface area contributed by atoms with Crippen LogP contribution in [0.25, 0.3) is 0 Å². The molecule has 1 heterocycles. The van der Waals surface area contributed by atoms with Gasteiger partial charge in [-0.15, -0.1) is 0 Å². The highest BCUT2D eigenvalue weighted by Gasteiger charge is 2.76. The Balaban J connectivity index is 1.31. The maximum atomic E-state index is 11.2. The Labute approximate surface area is 198 Å². The van der Waals surface area contributed by atoms with E-state index in [1.165, 1.54) is 18.6 Å². The molecule has 182 valence electrons. The number of benzene rings is 2. The molecule has 2 aromatic rings. The maximum Gasteiger partial charge on any atom is 0.261 e. The first-order chi connectivity index (χ1) is 16.4. The van der Waals surface area contributed by atoms with E-state index >= 15 is 0 Å². The van der Waals surface area contributed by atoms with Gasteiger partial charge in [-0.25, -0.2) is 4.89 Å². The molecule has 4 aliphatic carbocycles. The highest BCUT2D eigenvalue weighted by atomic mass is 31.2. The van der Waals surface area contributed by atoms with Gasteiger partial charge in [-0.2, -0.15) is 4.89 Å². The van der Waals surface area contributed by atoms with Gasteiger partial charge >= 0.3 is 0 Å². The van der Waals surface area contributed by atoms with Crippen LogP contribution in [-0.4, -0.2) is 18.8 Å². The molecule has 9 heteroatoms. The number of ether oxygens (including phenoxy) is 2. The molecule has 1 saturated heterocycles. The zero-order valence-electron chi connectivity index (χ0n) is 18.7. The minimum atomic E-state index is -5.21. The van der Waals surface area contributed by atoms with E-state index in [9.17, 15) is 14.4 Å². The Kier molecular flexibility index (Phi) is 5.52. The van der Waals surface area contributed by atoms with Crippen molar-refractivity contribution >= 4 is 7.82 Å². The van der Waals surface area contributed by atoms with Crippen LogP contribution in [0.1, 0.15) is 37.7 Å². The van der Waals surface area contributed by atoms with Gasteiger partial charge in [0.05, 0.1) is 6.61 Å². The van der Waals surface area contributed by atoms with Gasteiger partial charge in [0, 0.05) is 5.56 Å². The second kappa shape index (κ2) is 8.33. The minimum absolute atomic E-state index is 0.0659. The largest absolute Gasteiger partial charge is 0.780 e. The Morgan fingerprint density at radius 2 is 1.53 bits per heavy atom. The Morgan fingerprint density at radius 1 is 0.853 bits per heavy atom. The summed E-state index contributed by atoms with van der Waals surface area (Å²) >= 11 is 0. The normalized spacial score (nSPS) is 35.8. The van der Waals surface area contributed by atoms with Crippen molar-refractivity contribution in [3.63, 3.8) is 0 Å². The molecule has 0 N–H and O–H groups in total. The first-order valence-corrected chi connectivity index (χ1v) is 13.3. The topological polar surface area (TPSA) is 109 Å². The summed E-state index contributed by atoms with van der Waals surface area (Å²) in [6.07, 6.45) is 5.54. The molecule has 4 bridgehead atoms. The highest BCUT2D eigenvalue weighted by molar-refractivity contribution is 7.43. The van der Waals surface area contributed by atoms with Crippen LogP contribution < -0.4 is 19.0 Å². The van der Waals surface area contributed by atoms with E-state index in [0.29, 0.717) is 24.0 Å². The third-order valence-corrected chi connectivity index (χ3v) is 8.43. The predicted molar refractivity (Wildman–Crippen MR) is 116 cm³/mol. The van der Waals surface area contributed by atoms with E-state index in [0.717, 1.165) is 31.4 Å². The summed E-state index contributed by atoms with van der Waals surface area (Å²) in [6.45, 7) is 0.539. The van der Waals surface area contributed by atoms with Crippen LogP contribution >= 0.6 is 7.82 Å². The average Bonchev–Trinajstić information content (AvgIpc) is 2.78. The Morgan fingerprint density at radius 3 is 2.15 bits per heavy atom. The number of phosphoric ester groups is 1. The molecule has 0 aromatic heterocycles. The van der Waals surface area contributed by atoms with Crippen molar-refractivity contribution in [2.45, 2.75) is 43.5 Å². The van der Waals surface area contributed by atoms with Crippen LogP contribution in [0, 0.1) is 23.7 Å². The van der Waals surface area contributed by atoms with Crippen molar-refractivity contribution in [1.82, 2.24) is 0 Å². The van der Waals surface area contributed by atoms with Crippen LogP contribution in [0.5, 0.6) is 11.5 Å². The van der Waals surface area contributed by atoms with Gasteiger partial charge in [-0.05, 0) is 80.0 Å². The summed E-state index contributed by atoms with van der Waals surface area (Å²) in [6, 6.07) is 15.9. The van der Waals surface area contributed by atoms with E-state index in [1.807, 2.05) is 30.3 Å². The highest BCUT2D eigenvalue weighted by Crippen LogP contribution is 2.69. The standard InChI is InChI=1S/C25H29O8P/c26-34(27,28)31-23-8-4-5-19(16-23)25(30-10-9-29-22-6-2-1-3-7-22)24(32-33-25)20-12-17-11-18(14-20)15-21(24)13-17/h1-8,16-18,20-21H,9-15H2,(H2,26,27,28)/p-2. The predicted octanol–water partition coefficient (Wildman–Crippen LogP) is 3.30. The quantitative estimate of drug-likeness (QED) is 0.318. The van der Waals surface area contributed by atoms with E-state index < -0.39 is 19.2 Å². The van der Waals surface area contributed by atoms with Crippen molar-refractivity contribution in [3.8, 4) is 11.5 Å². The summed E-state index contributed by atoms with van der Waals surface area (Å²) in [5, 5.41) is 0. The van der Waals surface area contributed by atoms with Crippen LogP contribution in [0.4, 0.5) is 0 Å². The molecule has 1 atom stereocenters. The van der Waals surface area contributed by atoms with Crippen molar-refractivity contribution in [2.24, 2.45) is 23.7 Å². The zero-order valence-corrected chi connectivity index (χ0v) is 19.6. The molecule has 5 fully saturated rings. The molecular formula is C25H27O8P-2. The second-order valence-corrected chi connectivity index (χ2v) is 11.0. The van der Waals surface area contributed by atoms with E-state index in [-0.39, 0.29) is 24.2 Å². The summed E-state index contributed by atoms with van der Waals surface area (Å²) < 4.78 is 28.2. The molecule has 4 saturated carbocycles. The second-order valence-electron chi connectivity index (χ2n) is 9.96. The summed E-state index contributed by atoms with van der Waals surface area (Å²) in [7, 11) is -5.21. The molecule has 0 radical (unpaired) electrons. The molecular weight excluding hydrogens is 459 g/mol. The molecule has 7 rings (SSSR count). The van der Waals surface area contributed by atoms with Crippen LogP contribution in [0.15, 0.2) is 54.6 Å². The van der Waals surface area contributed by atoms with Gasteiger partial charge in [-0.3, -0.25) is 0 Å². The number of phosphoric acid groups is 1. The lowest BCUT2D eigenvalue weighted by Gasteiger charge is -2.68. The number of rotatable bonds is 8. The first kappa shape index (κ1) is 22.5. The molecule has 1 unspecified atom stereocenters. The van der Waals surface area contributed by atoms with Gasteiger partial charge in [0.2, 0.25) is 0 Å². The molecule has 5 aliphatic rings. The lowest BCUT2D eigenvalue weighted by atomic mass is 9.47. The summed E-state index contributed by atoms with van der Waals surface area (Å²) in [5.41, 5.74) is -0.0818. The third kappa shape index (κ3) is 3.68. The Bertz CT molecular complexity index is 1060. The first-order valence-electron chi connectivity index (χ1n) is 11.9. The lowest BCUT2D eigenvalue weighted by molar-refractivity contribution is -0.648. The van der Waals surface area contributed by atoms with E-state index in [2.05, 4.69) is 4.52 Å². The number of para-hydroxylation sites is 1. The molecule has 34 heavy (non-hydrogen) atoms. The fraction of sp³-hybridized carbons (Fsp3) is 0.520. The summed E-state index contributed by atoms with van der Waals surface area (Å²) in [5.74, 6) is 1.42. The van der Waals surface area contributed by atoms with Gasteiger partial charge < -0.3 is 28.3 Å². The smallest absolute Gasteiger partial charge is 0.261 e. The summed E-state index contributed by atoms with van der Waals surface area (Å²) in [4.78, 5) is 34.4. The number of hydrogen-bond acceptors (Lipinski definition) is 8. The molecule has 1 aliphatic heterocycles. The van der Waals surface area contributed by atoms with Crippen molar-refractivity contribution in [1.29, 1.82) is 0 Å².